The Bertz CT molecular complexity index is 545. The van der Waals surface area contributed by atoms with Crippen molar-refractivity contribution in [3.63, 3.8) is 0 Å². The maximum Gasteiger partial charge on any atom is 0.419 e. The number of nitrogen functional groups attached to an aromatic ring is 1. The minimum Gasteiger partial charge on any atom is -0.396 e. The summed E-state index contributed by atoms with van der Waals surface area (Å²) in [5.74, 6) is -1.32. The molecule has 0 fully saturated rings. The molecule has 0 aliphatic carbocycles. The molecule has 0 bridgehead atoms. The fourth-order valence-electron chi connectivity index (χ4n) is 1.42. The largest absolute Gasteiger partial charge is 0.419 e. The molecular weight excluding hydrogens is 238 g/mol. The average Bonchev–Trinajstić information content (AvgIpc) is 2.63. The molecule has 0 unspecified atom stereocenters. The summed E-state index contributed by atoms with van der Waals surface area (Å²) in [6, 6.07) is 2.64. The number of aromatic nitrogens is 2. The molecule has 90 valence electrons. The van der Waals surface area contributed by atoms with Crippen molar-refractivity contribution >= 4 is 5.69 Å². The third kappa shape index (κ3) is 2.08. The molecule has 7 heteroatoms. The zero-order valence-corrected chi connectivity index (χ0v) is 8.35. The van der Waals surface area contributed by atoms with Crippen molar-refractivity contribution in [2.45, 2.75) is 6.18 Å². The van der Waals surface area contributed by atoms with Crippen LogP contribution in [0.5, 0.6) is 0 Å². The zero-order chi connectivity index (χ0) is 12.6. The summed E-state index contributed by atoms with van der Waals surface area (Å²) in [5, 5.41) is 6.04. The van der Waals surface area contributed by atoms with Crippen LogP contribution in [0, 0.1) is 5.82 Å². The number of halogens is 4. The first-order chi connectivity index (χ1) is 7.89. The quantitative estimate of drug-likeness (QED) is 0.759. The molecule has 17 heavy (non-hydrogen) atoms. The summed E-state index contributed by atoms with van der Waals surface area (Å²) in [6.07, 6.45) is -3.47. The third-order valence-electron chi connectivity index (χ3n) is 2.23. The van der Waals surface area contributed by atoms with E-state index in [4.69, 9.17) is 5.73 Å². The van der Waals surface area contributed by atoms with Gasteiger partial charge in [0.2, 0.25) is 0 Å². The van der Waals surface area contributed by atoms with Crippen molar-refractivity contribution in [2.75, 3.05) is 5.73 Å². The molecule has 0 aliphatic heterocycles. The summed E-state index contributed by atoms with van der Waals surface area (Å²) in [5.41, 5.74) is 4.74. The predicted molar refractivity (Wildman–Crippen MR) is 53.4 cm³/mol. The molecule has 1 heterocycles. The van der Waals surface area contributed by atoms with Crippen LogP contribution in [0.15, 0.2) is 24.4 Å². The molecular formula is C10H7F4N3. The maximum absolute atomic E-state index is 13.0. The number of alkyl halides is 3. The minimum atomic E-state index is -4.74. The van der Waals surface area contributed by atoms with E-state index in [0.717, 1.165) is 6.07 Å². The van der Waals surface area contributed by atoms with Crippen molar-refractivity contribution in [3.05, 3.63) is 35.8 Å². The van der Waals surface area contributed by atoms with E-state index in [-0.39, 0.29) is 16.9 Å². The number of nitrogens with zero attached hydrogens (tertiary/aromatic N) is 1. The van der Waals surface area contributed by atoms with Crippen LogP contribution in [0.4, 0.5) is 23.2 Å². The van der Waals surface area contributed by atoms with Crippen molar-refractivity contribution in [1.29, 1.82) is 0 Å². The Hall–Kier alpha value is -2.05. The van der Waals surface area contributed by atoms with Gasteiger partial charge >= 0.3 is 6.18 Å². The van der Waals surface area contributed by atoms with Crippen LogP contribution >= 0.6 is 0 Å². The lowest BCUT2D eigenvalue weighted by Crippen LogP contribution is -2.08. The molecule has 2 aromatic rings. The van der Waals surface area contributed by atoms with E-state index in [1.807, 2.05) is 0 Å². The lowest BCUT2D eigenvalue weighted by molar-refractivity contribution is -0.139. The van der Waals surface area contributed by atoms with E-state index in [9.17, 15) is 17.6 Å². The molecule has 0 atom stereocenters. The van der Waals surface area contributed by atoms with Crippen LogP contribution in [0.3, 0.4) is 0 Å². The zero-order valence-electron chi connectivity index (χ0n) is 8.35. The molecule has 1 aromatic heterocycles. The molecule has 0 amide bonds. The molecule has 1 aromatic carbocycles. The van der Waals surface area contributed by atoms with E-state index in [1.54, 1.807) is 0 Å². The second-order valence-corrected chi connectivity index (χ2v) is 3.39. The van der Waals surface area contributed by atoms with Gasteiger partial charge in [0.25, 0.3) is 0 Å². The number of nitrogens with two attached hydrogens (primary N) is 1. The van der Waals surface area contributed by atoms with Gasteiger partial charge in [-0.05, 0) is 18.2 Å². The van der Waals surface area contributed by atoms with E-state index in [2.05, 4.69) is 10.2 Å². The molecule has 0 saturated heterocycles. The topological polar surface area (TPSA) is 54.7 Å². The monoisotopic (exact) mass is 245 g/mol. The number of H-pyrrole nitrogens is 1. The Morgan fingerprint density at radius 2 is 1.94 bits per heavy atom. The van der Waals surface area contributed by atoms with Crippen molar-refractivity contribution in [1.82, 2.24) is 10.2 Å². The standard InChI is InChI=1S/C10H7F4N3/c11-7-2-1-5(3-6(7)10(12,13)14)9-8(15)4-16-17-9/h1-4H,15H2,(H,16,17). The van der Waals surface area contributed by atoms with Gasteiger partial charge in [0, 0.05) is 5.56 Å². The Labute approximate surface area is 93.3 Å². The first-order valence-electron chi connectivity index (χ1n) is 4.55. The highest BCUT2D eigenvalue weighted by Gasteiger charge is 2.34. The number of hydrogen-bond acceptors (Lipinski definition) is 2. The van der Waals surface area contributed by atoms with Crippen LogP contribution in [-0.2, 0) is 6.18 Å². The number of nitrogens with one attached hydrogen (secondary N) is 1. The minimum absolute atomic E-state index is 0.133. The first kappa shape index (κ1) is 11.4. The summed E-state index contributed by atoms with van der Waals surface area (Å²) in [7, 11) is 0. The Balaban J connectivity index is 2.56. The number of rotatable bonds is 1. The number of aromatic amines is 1. The van der Waals surface area contributed by atoms with Gasteiger partial charge in [-0.15, -0.1) is 0 Å². The first-order valence-corrected chi connectivity index (χ1v) is 4.55. The Kier molecular flexibility index (Phi) is 2.53. The number of benzene rings is 1. The van der Waals surface area contributed by atoms with Gasteiger partial charge < -0.3 is 5.73 Å². The van der Waals surface area contributed by atoms with E-state index in [1.165, 1.54) is 12.3 Å². The SMILES string of the molecule is Nc1cn[nH]c1-c1ccc(F)c(C(F)(F)F)c1. The van der Waals surface area contributed by atoms with Crippen LogP contribution < -0.4 is 5.73 Å². The fraction of sp³-hybridized carbons (Fsp3) is 0.100. The molecule has 3 nitrogen and oxygen atoms in total. The number of hydrogen-bond donors (Lipinski definition) is 2. The smallest absolute Gasteiger partial charge is 0.396 e. The second kappa shape index (κ2) is 3.76. The van der Waals surface area contributed by atoms with Crippen molar-refractivity contribution in [2.24, 2.45) is 0 Å². The summed E-state index contributed by atoms with van der Waals surface area (Å²) < 4.78 is 50.5. The molecule has 3 N–H and O–H groups in total. The maximum atomic E-state index is 13.0. The predicted octanol–water partition coefficient (Wildman–Crippen LogP) is 2.82. The summed E-state index contributed by atoms with van der Waals surface area (Å²) >= 11 is 0. The normalized spacial score (nSPS) is 11.8. The lowest BCUT2D eigenvalue weighted by atomic mass is 10.1. The molecule has 0 aliphatic rings. The summed E-state index contributed by atoms with van der Waals surface area (Å²) in [6.45, 7) is 0. The van der Waals surface area contributed by atoms with Gasteiger partial charge in [-0.2, -0.15) is 18.3 Å². The van der Waals surface area contributed by atoms with Crippen molar-refractivity contribution < 1.29 is 17.6 Å². The van der Waals surface area contributed by atoms with Gasteiger partial charge in [0.1, 0.15) is 5.82 Å². The van der Waals surface area contributed by atoms with Crippen molar-refractivity contribution in [3.8, 4) is 11.3 Å². The van der Waals surface area contributed by atoms with Crippen LogP contribution in [-0.4, -0.2) is 10.2 Å². The van der Waals surface area contributed by atoms with E-state index >= 15 is 0 Å². The highest BCUT2D eigenvalue weighted by molar-refractivity contribution is 5.72. The lowest BCUT2D eigenvalue weighted by Gasteiger charge is -2.09. The van der Waals surface area contributed by atoms with Gasteiger partial charge in [0.15, 0.2) is 0 Å². The van der Waals surface area contributed by atoms with Gasteiger partial charge in [0.05, 0.1) is 23.1 Å². The van der Waals surface area contributed by atoms with Crippen LogP contribution in [0.2, 0.25) is 0 Å². The highest BCUT2D eigenvalue weighted by Crippen LogP contribution is 2.34. The van der Waals surface area contributed by atoms with Crippen LogP contribution in [0.1, 0.15) is 5.56 Å². The van der Waals surface area contributed by atoms with E-state index < -0.39 is 17.6 Å². The summed E-state index contributed by atoms with van der Waals surface area (Å²) in [4.78, 5) is 0. The van der Waals surface area contributed by atoms with Crippen LogP contribution in [0.25, 0.3) is 11.3 Å². The second-order valence-electron chi connectivity index (χ2n) is 3.39. The van der Waals surface area contributed by atoms with Gasteiger partial charge in [-0.3, -0.25) is 5.10 Å². The van der Waals surface area contributed by atoms with Gasteiger partial charge in [-0.1, -0.05) is 0 Å². The molecule has 0 radical (unpaired) electrons. The Morgan fingerprint density at radius 1 is 1.24 bits per heavy atom. The fourth-order valence-corrected chi connectivity index (χ4v) is 1.42. The molecule has 0 spiro atoms. The van der Waals surface area contributed by atoms with Gasteiger partial charge in [-0.25, -0.2) is 4.39 Å². The molecule has 2 rings (SSSR count). The highest BCUT2D eigenvalue weighted by atomic mass is 19.4. The third-order valence-corrected chi connectivity index (χ3v) is 2.23. The molecule has 0 saturated carbocycles. The van der Waals surface area contributed by atoms with E-state index in [0.29, 0.717) is 6.07 Å². The average molecular weight is 245 g/mol. The Morgan fingerprint density at radius 3 is 2.47 bits per heavy atom. The number of anilines is 1.